The van der Waals surface area contributed by atoms with E-state index in [2.05, 4.69) is 34.3 Å². The summed E-state index contributed by atoms with van der Waals surface area (Å²) in [5, 5.41) is 14.4. The number of piperidine rings is 1. The first-order valence-corrected chi connectivity index (χ1v) is 13.9. The lowest BCUT2D eigenvalue weighted by Crippen LogP contribution is -2.49. The molecule has 3 aliphatic rings. The smallest absolute Gasteiger partial charge is 0.155 e. The Bertz CT molecular complexity index is 1040. The number of nitrogens with zero attached hydrogens (tertiary/aromatic N) is 3. The molecule has 2 aromatic rings. The molecule has 2 N–H and O–H groups in total. The van der Waals surface area contributed by atoms with Gasteiger partial charge < -0.3 is 20.2 Å². The number of hydrogen-bond acceptors (Lipinski definition) is 6. The molecular formula is C25H33ClN4O2S. The van der Waals surface area contributed by atoms with Crippen LogP contribution < -0.4 is 15.1 Å². The van der Waals surface area contributed by atoms with Gasteiger partial charge in [-0.3, -0.25) is 4.21 Å². The first-order chi connectivity index (χ1) is 15.9. The maximum Gasteiger partial charge on any atom is 0.155 e. The van der Waals surface area contributed by atoms with E-state index in [1.807, 2.05) is 12.1 Å². The van der Waals surface area contributed by atoms with E-state index in [1.165, 1.54) is 5.56 Å². The predicted molar refractivity (Wildman–Crippen MR) is 136 cm³/mol. The Morgan fingerprint density at radius 2 is 1.91 bits per heavy atom. The lowest BCUT2D eigenvalue weighted by atomic mass is 9.77. The van der Waals surface area contributed by atoms with E-state index in [0.717, 1.165) is 85.1 Å². The molecule has 0 spiro atoms. The largest absolute Gasteiger partial charge is 0.394 e. The van der Waals surface area contributed by atoms with Gasteiger partial charge in [-0.1, -0.05) is 23.7 Å². The molecule has 6 nitrogen and oxygen atoms in total. The van der Waals surface area contributed by atoms with Gasteiger partial charge in [-0.25, -0.2) is 4.98 Å². The zero-order valence-corrected chi connectivity index (χ0v) is 21.0. The molecule has 2 aliphatic heterocycles. The van der Waals surface area contributed by atoms with Gasteiger partial charge in [-0.15, -0.1) is 0 Å². The molecule has 0 amide bonds. The van der Waals surface area contributed by atoms with Gasteiger partial charge in [0.05, 0.1) is 33.5 Å². The number of aliphatic hydroxyl groups excluding tert-OH is 1. The summed E-state index contributed by atoms with van der Waals surface area (Å²) in [6.45, 7) is 2.84. The monoisotopic (exact) mass is 488 g/mol. The number of pyridine rings is 1. The van der Waals surface area contributed by atoms with Gasteiger partial charge in [0.25, 0.3) is 0 Å². The highest BCUT2D eigenvalue weighted by molar-refractivity contribution is 7.84. The second-order valence-corrected chi connectivity index (χ2v) is 11.5. The van der Waals surface area contributed by atoms with Crippen molar-refractivity contribution in [2.75, 3.05) is 54.7 Å². The standard InChI is InChI=1S/C25H33ClN4O2S/c1-29-13-10-20-21(29)24(27-23(22(20)33(2)32)28-25(16-31)11-3-12-25)30-14-8-18(9-15-30)17-4-6-19(26)7-5-17/h4-7,18,31H,3,8-16H2,1-2H3,(H,27,28)/t33-/m1/s1. The van der Waals surface area contributed by atoms with Crippen molar-refractivity contribution in [3.8, 4) is 0 Å². The quantitative estimate of drug-likeness (QED) is 0.636. The molecule has 2 fully saturated rings. The number of likely N-dealkylation sites (N-methyl/N-ethyl adjacent to an activating group) is 1. The van der Waals surface area contributed by atoms with Gasteiger partial charge in [0.1, 0.15) is 5.82 Å². The second kappa shape index (κ2) is 9.08. The third-order valence-electron chi connectivity index (χ3n) is 7.70. The predicted octanol–water partition coefficient (Wildman–Crippen LogP) is 4.18. The summed E-state index contributed by atoms with van der Waals surface area (Å²) in [6.07, 6.45) is 7.67. The number of aromatic nitrogens is 1. The van der Waals surface area contributed by atoms with Crippen molar-refractivity contribution >= 4 is 39.7 Å². The molecule has 8 heteroatoms. The fourth-order valence-corrected chi connectivity index (χ4v) is 6.61. The van der Waals surface area contributed by atoms with Gasteiger partial charge >= 0.3 is 0 Å². The topological polar surface area (TPSA) is 68.7 Å². The minimum atomic E-state index is -1.16. The second-order valence-electron chi connectivity index (χ2n) is 9.80. The van der Waals surface area contributed by atoms with Crippen LogP contribution >= 0.6 is 11.6 Å². The molecule has 178 valence electrons. The molecule has 0 bridgehead atoms. The van der Waals surface area contributed by atoms with Crippen LogP contribution in [-0.4, -0.2) is 59.4 Å². The summed E-state index contributed by atoms with van der Waals surface area (Å²) in [6, 6.07) is 8.25. The third-order valence-corrected chi connectivity index (χ3v) is 8.97. The number of benzene rings is 1. The first kappa shape index (κ1) is 22.9. The molecule has 1 aliphatic carbocycles. The molecule has 3 heterocycles. The average Bonchev–Trinajstić information content (AvgIpc) is 3.17. The molecule has 33 heavy (non-hydrogen) atoms. The Morgan fingerprint density at radius 1 is 1.21 bits per heavy atom. The van der Waals surface area contributed by atoms with Gasteiger partial charge in [-0.05, 0) is 62.1 Å². The summed E-state index contributed by atoms with van der Waals surface area (Å²) < 4.78 is 12.9. The Balaban J connectivity index is 1.47. The molecule has 1 aromatic heterocycles. The van der Waals surface area contributed by atoms with E-state index < -0.39 is 10.8 Å². The van der Waals surface area contributed by atoms with Crippen LogP contribution in [0.3, 0.4) is 0 Å². The molecule has 1 saturated carbocycles. The maximum atomic E-state index is 12.9. The van der Waals surface area contributed by atoms with Crippen molar-refractivity contribution in [3.63, 3.8) is 0 Å². The third kappa shape index (κ3) is 4.24. The van der Waals surface area contributed by atoms with Crippen molar-refractivity contribution in [2.24, 2.45) is 0 Å². The number of hydrogen-bond donors (Lipinski definition) is 2. The lowest BCUT2D eigenvalue weighted by Gasteiger charge is -2.42. The highest BCUT2D eigenvalue weighted by Gasteiger charge is 2.39. The normalized spacial score (nSPS) is 21.0. The van der Waals surface area contributed by atoms with Gasteiger partial charge in [0.2, 0.25) is 0 Å². The SMILES string of the molecule is CN1CCc2c1c(N1CCC(c3ccc(Cl)cc3)CC1)nc(NC1(CO)CCC1)c2[S@@](C)=O. The van der Waals surface area contributed by atoms with E-state index in [4.69, 9.17) is 16.6 Å². The summed E-state index contributed by atoms with van der Waals surface area (Å²) in [5.41, 5.74) is 3.29. The fourth-order valence-electron chi connectivity index (χ4n) is 5.57. The maximum absolute atomic E-state index is 12.9. The van der Waals surface area contributed by atoms with Crippen molar-refractivity contribution in [1.82, 2.24) is 4.98 Å². The summed E-state index contributed by atoms with van der Waals surface area (Å²) in [5.74, 6) is 2.22. The van der Waals surface area contributed by atoms with Crippen LogP contribution in [0.2, 0.25) is 5.02 Å². The van der Waals surface area contributed by atoms with Crippen LogP contribution in [0.4, 0.5) is 17.3 Å². The van der Waals surface area contributed by atoms with E-state index >= 15 is 0 Å². The van der Waals surface area contributed by atoms with Gasteiger partial charge in [0, 0.05) is 43.5 Å². The van der Waals surface area contributed by atoms with E-state index in [9.17, 15) is 9.32 Å². The Labute approximate surface area is 203 Å². The molecule has 1 saturated heterocycles. The molecule has 5 rings (SSSR count). The van der Waals surface area contributed by atoms with Crippen LogP contribution in [0.15, 0.2) is 29.2 Å². The van der Waals surface area contributed by atoms with Crippen LogP contribution in [0.25, 0.3) is 0 Å². The number of fused-ring (bicyclic) bond motifs is 1. The molecular weight excluding hydrogens is 456 g/mol. The lowest BCUT2D eigenvalue weighted by molar-refractivity contribution is 0.143. The zero-order valence-electron chi connectivity index (χ0n) is 19.4. The Morgan fingerprint density at radius 3 is 2.48 bits per heavy atom. The van der Waals surface area contributed by atoms with E-state index in [1.54, 1.807) is 6.26 Å². The minimum absolute atomic E-state index is 0.0727. The van der Waals surface area contributed by atoms with E-state index in [0.29, 0.717) is 11.7 Å². The Hall–Kier alpha value is -1.83. The summed E-state index contributed by atoms with van der Waals surface area (Å²) in [7, 11) is 0.945. The highest BCUT2D eigenvalue weighted by Crippen LogP contribution is 2.45. The van der Waals surface area contributed by atoms with Gasteiger partial charge in [0.15, 0.2) is 5.82 Å². The Kier molecular flexibility index (Phi) is 6.31. The number of aliphatic hydroxyl groups is 1. The zero-order chi connectivity index (χ0) is 23.2. The van der Waals surface area contributed by atoms with Crippen molar-refractivity contribution in [2.45, 2.75) is 54.9 Å². The highest BCUT2D eigenvalue weighted by atomic mass is 35.5. The molecule has 1 atom stereocenters. The number of anilines is 3. The van der Waals surface area contributed by atoms with Gasteiger partial charge in [-0.2, -0.15) is 0 Å². The first-order valence-electron chi connectivity index (χ1n) is 11.9. The summed E-state index contributed by atoms with van der Waals surface area (Å²) in [4.78, 5) is 10.6. The number of nitrogens with one attached hydrogen (secondary N) is 1. The number of rotatable bonds is 6. The van der Waals surface area contributed by atoms with E-state index in [-0.39, 0.29) is 12.1 Å². The van der Waals surface area contributed by atoms with Crippen molar-refractivity contribution in [3.05, 3.63) is 40.4 Å². The van der Waals surface area contributed by atoms with Crippen LogP contribution in [0.1, 0.15) is 49.1 Å². The minimum Gasteiger partial charge on any atom is -0.394 e. The fraction of sp³-hybridized carbons (Fsp3) is 0.560. The summed E-state index contributed by atoms with van der Waals surface area (Å²) >= 11 is 6.08. The number of halogens is 1. The molecule has 1 aromatic carbocycles. The van der Waals surface area contributed by atoms with Crippen LogP contribution in [0, 0.1) is 0 Å². The van der Waals surface area contributed by atoms with Crippen LogP contribution in [0.5, 0.6) is 0 Å². The van der Waals surface area contributed by atoms with Crippen molar-refractivity contribution in [1.29, 1.82) is 0 Å². The average molecular weight is 489 g/mol. The molecule has 0 unspecified atom stereocenters. The molecule has 0 radical (unpaired) electrons. The van der Waals surface area contributed by atoms with Crippen LogP contribution in [-0.2, 0) is 17.2 Å². The van der Waals surface area contributed by atoms with Crippen molar-refractivity contribution < 1.29 is 9.32 Å².